The van der Waals surface area contributed by atoms with Crippen LogP contribution in [0.25, 0.3) is 0 Å². The molecule has 0 radical (unpaired) electrons. The van der Waals surface area contributed by atoms with Crippen molar-refractivity contribution in [2.24, 2.45) is 0 Å². The zero-order chi connectivity index (χ0) is 19.7. The maximum atomic E-state index is 11.8. The fourth-order valence-corrected chi connectivity index (χ4v) is 4.51. The number of rotatable bonds is 6. The van der Waals surface area contributed by atoms with Crippen molar-refractivity contribution in [1.29, 1.82) is 0 Å². The first kappa shape index (κ1) is 19.0. The van der Waals surface area contributed by atoms with E-state index in [1.165, 1.54) is 5.57 Å². The van der Waals surface area contributed by atoms with Gasteiger partial charge in [0.25, 0.3) is 0 Å². The van der Waals surface area contributed by atoms with Crippen molar-refractivity contribution >= 4 is 14.4 Å². The second-order valence-corrected chi connectivity index (χ2v) is 14.2. The summed E-state index contributed by atoms with van der Waals surface area (Å²) in [4.78, 5) is 13.8. The number of aldehydes is 1. The highest BCUT2D eigenvalue weighted by molar-refractivity contribution is 6.76. The molecule has 0 N–H and O–H groups in total. The van der Waals surface area contributed by atoms with E-state index in [2.05, 4.69) is 50.0 Å². The first-order chi connectivity index (χ1) is 13.5. The molecule has 2 heterocycles. The van der Waals surface area contributed by atoms with Crippen molar-refractivity contribution in [1.82, 2.24) is 4.90 Å². The van der Waals surface area contributed by atoms with Crippen molar-refractivity contribution in [3.63, 3.8) is 0 Å². The maximum Gasteiger partial charge on any atom is 0.166 e. The number of allylic oxidation sites excluding steroid dienone is 10. The molecule has 4 aliphatic rings. The lowest BCUT2D eigenvalue weighted by Gasteiger charge is -2.32. The zero-order valence-electron chi connectivity index (χ0n) is 16.8. The molecule has 4 rings (SSSR count). The maximum absolute atomic E-state index is 11.8. The Morgan fingerprint density at radius 3 is 2.82 bits per heavy atom. The molecule has 5 heteroatoms. The summed E-state index contributed by atoms with van der Waals surface area (Å²) < 4.78 is 12.0. The number of ether oxygens (including phenoxy) is 2. The van der Waals surface area contributed by atoms with Crippen LogP contribution in [0.1, 0.15) is 6.42 Å². The summed E-state index contributed by atoms with van der Waals surface area (Å²) in [7, 11) is -1.16. The van der Waals surface area contributed by atoms with Crippen molar-refractivity contribution < 1.29 is 14.3 Å². The van der Waals surface area contributed by atoms with Crippen LogP contribution in [0.2, 0.25) is 25.7 Å². The Balaban J connectivity index is 1.69. The highest BCUT2D eigenvalue weighted by atomic mass is 28.3. The highest BCUT2D eigenvalue weighted by Gasteiger charge is 2.31. The second-order valence-electron chi connectivity index (χ2n) is 8.60. The Hall–Kier alpha value is -2.37. The Kier molecular flexibility index (Phi) is 5.12. The Morgan fingerprint density at radius 2 is 2.04 bits per heavy atom. The van der Waals surface area contributed by atoms with Crippen molar-refractivity contribution in [3.8, 4) is 0 Å². The third-order valence-corrected chi connectivity index (χ3v) is 6.98. The summed E-state index contributed by atoms with van der Waals surface area (Å²) in [5.74, 6) is 0.935. The molecule has 0 spiro atoms. The number of hydrogen-bond acceptors (Lipinski definition) is 4. The van der Waals surface area contributed by atoms with E-state index in [9.17, 15) is 4.79 Å². The van der Waals surface area contributed by atoms with Crippen LogP contribution < -0.4 is 0 Å². The van der Waals surface area contributed by atoms with Crippen LogP contribution in [-0.2, 0) is 14.3 Å². The predicted octanol–water partition coefficient (Wildman–Crippen LogP) is 4.62. The van der Waals surface area contributed by atoms with Gasteiger partial charge in [-0.15, -0.1) is 0 Å². The Bertz CT molecular complexity index is 907. The van der Waals surface area contributed by atoms with E-state index in [1.54, 1.807) is 0 Å². The van der Waals surface area contributed by atoms with Crippen LogP contribution in [0.5, 0.6) is 0 Å². The Morgan fingerprint density at radius 1 is 1.18 bits per heavy atom. The molecule has 0 atom stereocenters. The second kappa shape index (κ2) is 7.57. The number of carbonyl (C=O) groups excluding carboxylic acids is 1. The molecule has 0 aromatic carbocycles. The molecule has 0 saturated heterocycles. The Labute approximate surface area is 167 Å². The van der Waals surface area contributed by atoms with Crippen LogP contribution in [0.4, 0.5) is 0 Å². The molecule has 4 nitrogen and oxygen atoms in total. The molecular formula is C23H27NO3Si. The van der Waals surface area contributed by atoms with Crippen LogP contribution in [0.15, 0.2) is 82.0 Å². The summed E-state index contributed by atoms with van der Waals surface area (Å²) in [5.41, 5.74) is 6.19. The van der Waals surface area contributed by atoms with Gasteiger partial charge in [0.2, 0.25) is 0 Å². The number of nitrogens with zero attached hydrogens (tertiary/aromatic N) is 1. The normalized spacial score (nSPS) is 20.7. The standard InChI is InChI=1S/C23H27NO3Si/c1-28(2,3)13-12-26-16-24-19(15-25)10-9-17-6-4-8-20-21(22(17)24)14-18-7-5-11-27-23(18)20/h4-5,7-10,14-15H,6,11-13,16H2,1-3H3. The average molecular weight is 394 g/mol. The van der Waals surface area contributed by atoms with Crippen molar-refractivity contribution in [2.75, 3.05) is 19.9 Å². The molecule has 2 aliphatic carbocycles. The molecule has 0 aromatic rings. The summed E-state index contributed by atoms with van der Waals surface area (Å²) in [6.45, 7) is 8.73. The molecule has 146 valence electrons. The van der Waals surface area contributed by atoms with Crippen LogP contribution in [0, 0.1) is 0 Å². The summed E-state index contributed by atoms with van der Waals surface area (Å²) in [6.07, 6.45) is 16.3. The smallest absolute Gasteiger partial charge is 0.166 e. The minimum absolute atomic E-state index is 0.383. The average Bonchev–Trinajstić information content (AvgIpc) is 2.92. The quantitative estimate of drug-likeness (QED) is 0.375. The number of hydrogen-bond donors (Lipinski definition) is 0. The van der Waals surface area contributed by atoms with E-state index in [1.807, 2.05) is 17.1 Å². The van der Waals surface area contributed by atoms with E-state index in [0.29, 0.717) is 19.0 Å². The first-order valence-corrected chi connectivity index (χ1v) is 13.6. The minimum atomic E-state index is -1.16. The molecule has 0 bridgehead atoms. The van der Waals surface area contributed by atoms with Gasteiger partial charge in [-0.1, -0.05) is 43.9 Å². The van der Waals surface area contributed by atoms with Gasteiger partial charge in [0.15, 0.2) is 6.29 Å². The van der Waals surface area contributed by atoms with Crippen molar-refractivity contribution in [2.45, 2.75) is 32.1 Å². The van der Waals surface area contributed by atoms with Crippen molar-refractivity contribution in [3.05, 3.63) is 82.0 Å². The van der Waals surface area contributed by atoms with E-state index in [4.69, 9.17) is 9.47 Å². The zero-order valence-corrected chi connectivity index (χ0v) is 17.8. The van der Waals surface area contributed by atoms with E-state index < -0.39 is 8.07 Å². The van der Waals surface area contributed by atoms with Gasteiger partial charge in [-0.05, 0) is 36.3 Å². The molecule has 2 aliphatic heterocycles. The number of fused-ring (bicyclic) bond motifs is 3. The predicted molar refractivity (Wildman–Crippen MR) is 114 cm³/mol. The lowest BCUT2D eigenvalue weighted by atomic mass is 9.98. The SMILES string of the molecule is C[Si](C)(C)CCOCN1C(C=O)=CC=C2CC=CC3=C4OCC=CC4=CC3=C21. The van der Waals surface area contributed by atoms with Gasteiger partial charge in [0, 0.05) is 31.4 Å². The van der Waals surface area contributed by atoms with Gasteiger partial charge in [-0.25, -0.2) is 0 Å². The molecule has 0 saturated carbocycles. The molecule has 28 heavy (non-hydrogen) atoms. The van der Waals surface area contributed by atoms with Crippen LogP contribution >= 0.6 is 0 Å². The van der Waals surface area contributed by atoms with Gasteiger partial charge in [-0.2, -0.15) is 0 Å². The molecular weight excluding hydrogens is 366 g/mol. The lowest BCUT2D eigenvalue weighted by molar-refractivity contribution is -0.106. The number of carbonyl (C=O) groups is 1. The monoisotopic (exact) mass is 393 g/mol. The van der Waals surface area contributed by atoms with E-state index in [0.717, 1.165) is 53.5 Å². The first-order valence-electron chi connectivity index (χ1n) is 9.86. The van der Waals surface area contributed by atoms with Crippen LogP contribution in [-0.4, -0.2) is 39.2 Å². The van der Waals surface area contributed by atoms with E-state index >= 15 is 0 Å². The third-order valence-electron chi connectivity index (χ3n) is 5.27. The summed E-state index contributed by atoms with van der Waals surface area (Å²) in [5, 5.41) is 0. The third kappa shape index (κ3) is 3.64. The van der Waals surface area contributed by atoms with Gasteiger partial charge >= 0.3 is 0 Å². The summed E-state index contributed by atoms with van der Waals surface area (Å²) in [6, 6.07) is 1.11. The molecule has 0 aromatic heterocycles. The molecule has 0 unspecified atom stereocenters. The lowest BCUT2D eigenvalue weighted by Crippen LogP contribution is -2.31. The van der Waals surface area contributed by atoms with Gasteiger partial charge in [0.05, 0.1) is 11.4 Å². The minimum Gasteiger partial charge on any atom is -0.488 e. The van der Waals surface area contributed by atoms with Gasteiger partial charge in [-0.3, -0.25) is 4.79 Å². The summed E-state index contributed by atoms with van der Waals surface area (Å²) >= 11 is 0. The van der Waals surface area contributed by atoms with Gasteiger partial charge in [0.1, 0.15) is 19.1 Å². The highest BCUT2D eigenvalue weighted by Crippen LogP contribution is 2.43. The largest absolute Gasteiger partial charge is 0.488 e. The fraction of sp³-hybridized carbons (Fsp3) is 0.348. The van der Waals surface area contributed by atoms with Crippen LogP contribution in [0.3, 0.4) is 0 Å². The molecule has 0 fully saturated rings. The fourth-order valence-electron chi connectivity index (χ4n) is 3.75. The molecule has 0 amide bonds. The van der Waals surface area contributed by atoms with E-state index in [-0.39, 0.29) is 0 Å². The topological polar surface area (TPSA) is 38.8 Å². The van der Waals surface area contributed by atoms with Gasteiger partial charge < -0.3 is 14.4 Å².